The summed E-state index contributed by atoms with van der Waals surface area (Å²) < 4.78 is 0. The molecular formula is C10H14N2O3. The number of likely N-dealkylation sites (tertiary alicyclic amines) is 1. The van der Waals surface area contributed by atoms with Gasteiger partial charge in [-0.05, 0) is 12.8 Å². The van der Waals surface area contributed by atoms with Gasteiger partial charge in [0.1, 0.15) is 0 Å². The molecule has 1 saturated heterocycles. The Bertz CT molecular complexity index is 295. The molecule has 1 rings (SSSR count). The van der Waals surface area contributed by atoms with Crippen molar-refractivity contribution in [1.82, 2.24) is 10.4 Å². The van der Waals surface area contributed by atoms with E-state index in [9.17, 15) is 9.59 Å². The van der Waals surface area contributed by atoms with E-state index in [1.807, 2.05) is 5.48 Å². The summed E-state index contributed by atoms with van der Waals surface area (Å²) in [7, 11) is 0. The first-order valence-electron chi connectivity index (χ1n) is 4.70. The molecule has 82 valence electrons. The number of rotatable bonds is 3. The van der Waals surface area contributed by atoms with Crippen molar-refractivity contribution in [2.24, 2.45) is 0 Å². The van der Waals surface area contributed by atoms with Crippen molar-refractivity contribution in [3.63, 3.8) is 0 Å². The SMILES string of the molecule is C=CCC(=C)C(=O)NOC(=O)N1CCC1. The number of amides is 2. The molecule has 0 aliphatic carbocycles. The molecule has 0 aromatic heterocycles. The van der Waals surface area contributed by atoms with E-state index in [1.54, 1.807) is 6.08 Å². The number of nitrogens with zero attached hydrogens (tertiary/aromatic N) is 1. The second-order valence-corrected chi connectivity index (χ2v) is 3.24. The van der Waals surface area contributed by atoms with Crippen molar-refractivity contribution >= 4 is 12.0 Å². The molecule has 1 fully saturated rings. The fourth-order valence-corrected chi connectivity index (χ4v) is 0.992. The van der Waals surface area contributed by atoms with E-state index in [-0.39, 0.29) is 0 Å². The molecule has 1 aliphatic heterocycles. The van der Waals surface area contributed by atoms with Gasteiger partial charge in [0.15, 0.2) is 0 Å². The summed E-state index contributed by atoms with van der Waals surface area (Å²) in [4.78, 5) is 28.4. The van der Waals surface area contributed by atoms with E-state index in [4.69, 9.17) is 0 Å². The molecule has 1 heterocycles. The number of hydrogen-bond donors (Lipinski definition) is 1. The largest absolute Gasteiger partial charge is 0.434 e. The Kier molecular flexibility index (Phi) is 3.91. The van der Waals surface area contributed by atoms with Gasteiger partial charge in [-0.15, -0.1) is 6.58 Å². The van der Waals surface area contributed by atoms with Gasteiger partial charge in [-0.25, -0.2) is 4.79 Å². The standard InChI is InChI=1S/C10H14N2O3/c1-3-5-8(2)9(13)11-15-10(14)12-6-4-7-12/h3H,1-2,4-7H2,(H,11,13). The molecule has 0 saturated carbocycles. The second-order valence-electron chi connectivity index (χ2n) is 3.24. The highest BCUT2D eigenvalue weighted by Crippen LogP contribution is 2.06. The van der Waals surface area contributed by atoms with Gasteiger partial charge in [-0.3, -0.25) is 4.79 Å². The van der Waals surface area contributed by atoms with E-state index < -0.39 is 12.0 Å². The molecule has 5 heteroatoms. The third-order valence-corrected chi connectivity index (χ3v) is 2.06. The molecule has 5 nitrogen and oxygen atoms in total. The molecule has 1 N–H and O–H groups in total. The summed E-state index contributed by atoms with van der Waals surface area (Å²) in [5.74, 6) is -0.497. The van der Waals surface area contributed by atoms with Gasteiger partial charge in [0.2, 0.25) is 0 Å². The highest BCUT2D eigenvalue weighted by molar-refractivity contribution is 5.92. The number of hydrogen-bond acceptors (Lipinski definition) is 3. The van der Waals surface area contributed by atoms with E-state index in [1.165, 1.54) is 4.90 Å². The normalized spacial score (nSPS) is 13.7. The minimum absolute atomic E-state index is 0.307. The molecular weight excluding hydrogens is 196 g/mol. The summed E-state index contributed by atoms with van der Waals surface area (Å²) in [5, 5.41) is 0. The van der Waals surface area contributed by atoms with Crippen LogP contribution in [0.25, 0.3) is 0 Å². The van der Waals surface area contributed by atoms with E-state index in [2.05, 4.69) is 18.0 Å². The van der Waals surface area contributed by atoms with E-state index in [0.717, 1.165) is 6.42 Å². The molecule has 0 atom stereocenters. The van der Waals surface area contributed by atoms with Crippen molar-refractivity contribution in [3.05, 3.63) is 24.8 Å². The topological polar surface area (TPSA) is 58.6 Å². The summed E-state index contributed by atoms with van der Waals surface area (Å²) in [6.07, 6.45) is 2.37. The Morgan fingerprint density at radius 2 is 2.13 bits per heavy atom. The predicted molar refractivity (Wildman–Crippen MR) is 54.8 cm³/mol. The number of nitrogens with one attached hydrogen (secondary N) is 1. The molecule has 0 spiro atoms. The van der Waals surface area contributed by atoms with Crippen LogP contribution in [-0.4, -0.2) is 30.0 Å². The van der Waals surface area contributed by atoms with Crippen LogP contribution < -0.4 is 5.48 Å². The lowest BCUT2D eigenvalue weighted by molar-refractivity contribution is -0.126. The van der Waals surface area contributed by atoms with Crippen LogP contribution in [0, 0.1) is 0 Å². The maximum absolute atomic E-state index is 11.2. The predicted octanol–water partition coefficient (Wildman–Crippen LogP) is 0.992. The lowest BCUT2D eigenvalue weighted by Crippen LogP contribution is -2.45. The number of carbonyl (C=O) groups excluding carboxylic acids is 2. The smallest absolute Gasteiger partial charge is 0.321 e. The zero-order chi connectivity index (χ0) is 11.3. The molecule has 0 aromatic carbocycles. The minimum atomic E-state index is -0.527. The zero-order valence-corrected chi connectivity index (χ0v) is 8.49. The summed E-state index contributed by atoms with van der Waals surface area (Å²) in [5.41, 5.74) is 2.35. The second kappa shape index (κ2) is 5.19. The van der Waals surface area contributed by atoms with Gasteiger partial charge in [0.05, 0.1) is 0 Å². The summed E-state index contributed by atoms with van der Waals surface area (Å²) in [6.45, 7) is 8.35. The van der Waals surface area contributed by atoms with Crippen molar-refractivity contribution in [1.29, 1.82) is 0 Å². The highest BCUT2D eigenvalue weighted by Gasteiger charge is 2.22. The lowest BCUT2D eigenvalue weighted by Gasteiger charge is -2.29. The Hall–Kier alpha value is -1.78. The quantitative estimate of drug-likeness (QED) is 0.429. The third-order valence-electron chi connectivity index (χ3n) is 2.06. The lowest BCUT2D eigenvalue weighted by atomic mass is 10.2. The minimum Gasteiger partial charge on any atom is -0.321 e. The van der Waals surface area contributed by atoms with E-state index in [0.29, 0.717) is 25.1 Å². The highest BCUT2D eigenvalue weighted by atomic mass is 16.7. The van der Waals surface area contributed by atoms with Crippen molar-refractivity contribution in [2.75, 3.05) is 13.1 Å². The van der Waals surface area contributed by atoms with Crippen molar-refractivity contribution in [2.45, 2.75) is 12.8 Å². The first-order chi connectivity index (χ1) is 7.15. The Morgan fingerprint density at radius 1 is 1.47 bits per heavy atom. The maximum Gasteiger partial charge on any atom is 0.434 e. The molecule has 1 aliphatic rings. The fraction of sp³-hybridized carbons (Fsp3) is 0.400. The average molecular weight is 210 g/mol. The molecule has 0 aromatic rings. The van der Waals surface area contributed by atoms with Crippen LogP contribution in [0.1, 0.15) is 12.8 Å². The van der Waals surface area contributed by atoms with Crippen LogP contribution in [0.15, 0.2) is 24.8 Å². The average Bonchev–Trinajstić information content (AvgIpc) is 2.11. The third kappa shape index (κ3) is 3.12. The summed E-state index contributed by atoms with van der Waals surface area (Å²) in [6, 6.07) is 0. The van der Waals surface area contributed by atoms with E-state index >= 15 is 0 Å². The van der Waals surface area contributed by atoms with Crippen molar-refractivity contribution < 1.29 is 14.4 Å². The van der Waals surface area contributed by atoms with Gasteiger partial charge in [0.25, 0.3) is 5.91 Å². The monoisotopic (exact) mass is 210 g/mol. The van der Waals surface area contributed by atoms with Gasteiger partial charge in [0, 0.05) is 18.7 Å². The fourth-order valence-electron chi connectivity index (χ4n) is 0.992. The van der Waals surface area contributed by atoms with Gasteiger partial charge in [-0.1, -0.05) is 12.7 Å². The maximum atomic E-state index is 11.2. The van der Waals surface area contributed by atoms with Crippen LogP contribution >= 0.6 is 0 Å². The van der Waals surface area contributed by atoms with Crippen LogP contribution in [0.3, 0.4) is 0 Å². The number of allylic oxidation sites excluding steroid dienone is 1. The van der Waals surface area contributed by atoms with Crippen LogP contribution in [0.4, 0.5) is 4.79 Å². The van der Waals surface area contributed by atoms with Gasteiger partial charge in [-0.2, -0.15) is 5.48 Å². The molecule has 15 heavy (non-hydrogen) atoms. The first kappa shape index (κ1) is 11.3. The summed E-state index contributed by atoms with van der Waals surface area (Å²) >= 11 is 0. The van der Waals surface area contributed by atoms with Crippen molar-refractivity contribution in [3.8, 4) is 0 Å². The molecule has 2 amide bonds. The van der Waals surface area contributed by atoms with Crippen LogP contribution in [-0.2, 0) is 9.63 Å². The number of hydroxylamine groups is 1. The van der Waals surface area contributed by atoms with Gasteiger partial charge < -0.3 is 9.74 Å². The number of carbonyl (C=O) groups is 2. The van der Waals surface area contributed by atoms with Crippen LogP contribution in [0.2, 0.25) is 0 Å². The Morgan fingerprint density at radius 3 is 2.60 bits per heavy atom. The molecule has 0 unspecified atom stereocenters. The Balaban J connectivity index is 2.23. The van der Waals surface area contributed by atoms with Gasteiger partial charge >= 0.3 is 6.09 Å². The zero-order valence-electron chi connectivity index (χ0n) is 8.49. The van der Waals surface area contributed by atoms with Crippen LogP contribution in [0.5, 0.6) is 0 Å². The first-order valence-corrected chi connectivity index (χ1v) is 4.70. The Labute approximate surface area is 88.3 Å². The molecule has 0 bridgehead atoms. The molecule has 0 radical (unpaired) electrons.